The number of rotatable bonds is 6. The highest BCUT2D eigenvalue weighted by Crippen LogP contribution is 2.20. The Hall–Kier alpha value is -0.200. The molecule has 0 bridgehead atoms. The van der Waals surface area contributed by atoms with Crippen molar-refractivity contribution in [3.8, 4) is 0 Å². The highest BCUT2D eigenvalue weighted by Gasteiger charge is 2.37. The molecule has 2 aliphatic heterocycles. The van der Waals surface area contributed by atoms with E-state index in [0.29, 0.717) is 13.2 Å². The molecule has 100 valence electrons. The Labute approximate surface area is 103 Å². The molecule has 0 aliphatic carbocycles. The molecule has 0 saturated carbocycles. The third kappa shape index (κ3) is 3.63. The zero-order chi connectivity index (χ0) is 12.1. The summed E-state index contributed by atoms with van der Waals surface area (Å²) in [5, 5.41) is 0. The largest absolute Gasteiger partial charge is 0.372 e. The maximum atomic E-state index is 5.69. The Morgan fingerprint density at radius 1 is 1.06 bits per heavy atom. The molecule has 2 saturated heterocycles. The van der Waals surface area contributed by atoms with Crippen molar-refractivity contribution in [2.45, 2.75) is 32.3 Å². The summed E-state index contributed by atoms with van der Waals surface area (Å²) in [6.45, 7) is 9.40. The fraction of sp³-hybridized carbons (Fsp3) is 1.00. The van der Waals surface area contributed by atoms with Crippen LogP contribution in [0.4, 0.5) is 0 Å². The first-order valence-corrected chi connectivity index (χ1v) is 6.52. The van der Waals surface area contributed by atoms with Gasteiger partial charge in [0.05, 0.1) is 25.4 Å². The van der Waals surface area contributed by atoms with Crippen molar-refractivity contribution in [2.24, 2.45) is 0 Å². The van der Waals surface area contributed by atoms with Crippen LogP contribution in [-0.2, 0) is 18.9 Å². The van der Waals surface area contributed by atoms with Gasteiger partial charge in [0.15, 0.2) is 6.29 Å². The monoisotopic (exact) mass is 245 g/mol. The maximum Gasteiger partial charge on any atom is 0.170 e. The molecule has 0 amide bonds. The second kappa shape index (κ2) is 6.66. The zero-order valence-corrected chi connectivity index (χ0v) is 10.8. The molecule has 0 spiro atoms. The third-order valence-corrected chi connectivity index (χ3v) is 3.15. The van der Waals surface area contributed by atoms with E-state index in [2.05, 4.69) is 4.90 Å². The molecule has 2 atom stereocenters. The molecule has 2 fully saturated rings. The summed E-state index contributed by atoms with van der Waals surface area (Å²) in [5.41, 5.74) is 0. The summed E-state index contributed by atoms with van der Waals surface area (Å²) in [5.74, 6) is 0. The third-order valence-electron chi connectivity index (χ3n) is 3.15. The first-order chi connectivity index (χ1) is 8.33. The van der Waals surface area contributed by atoms with Crippen molar-refractivity contribution >= 4 is 0 Å². The highest BCUT2D eigenvalue weighted by molar-refractivity contribution is 4.88. The van der Waals surface area contributed by atoms with Gasteiger partial charge in [0.1, 0.15) is 0 Å². The van der Waals surface area contributed by atoms with Crippen molar-refractivity contribution < 1.29 is 18.9 Å². The van der Waals surface area contributed by atoms with E-state index < -0.39 is 0 Å². The van der Waals surface area contributed by atoms with E-state index in [1.54, 1.807) is 0 Å². The summed E-state index contributed by atoms with van der Waals surface area (Å²) in [6, 6.07) is 0. The molecule has 0 unspecified atom stereocenters. The number of hydrogen-bond acceptors (Lipinski definition) is 5. The topological polar surface area (TPSA) is 40.2 Å². The molecular weight excluding hydrogens is 222 g/mol. The van der Waals surface area contributed by atoms with Gasteiger partial charge in [-0.1, -0.05) is 0 Å². The standard InChI is InChI=1S/C12H23NO4/c1-3-14-12(15-4-2)9-13-7-10-11(8-13)17-6-5-16-10/h10-12H,3-9H2,1-2H3/t10-,11+. The predicted octanol–water partition coefficient (Wildman–Crippen LogP) is 0.485. The van der Waals surface area contributed by atoms with Crippen LogP contribution >= 0.6 is 0 Å². The average molecular weight is 245 g/mol. The maximum absolute atomic E-state index is 5.69. The average Bonchev–Trinajstić information content (AvgIpc) is 2.71. The van der Waals surface area contributed by atoms with Gasteiger partial charge in [-0.2, -0.15) is 0 Å². The van der Waals surface area contributed by atoms with Crippen LogP contribution in [0.15, 0.2) is 0 Å². The molecule has 0 aromatic rings. The van der Waals surface area contributed by atoms with Crippen molar-refractivity contribution in [2.75, 3.05) is 46.1 Å². The van der Waals surface area contributed by atoms with Crippen molar-refractivity contribution in [1.82, 2.24) is 4.90 Å². The van der Waals surface area contributed by atoms with E-state index in [1.807, 2.05) is 13.8 Å². The number of fused-ring (bicyclic) bond motifs is 1. The summed E-state index contributed by atoms with van der Waals surface area (Å²) in [6.07, 6.45) is 0.324. The van der Waals surface area contributed by atoms with Crippen LogP contribution < -0.4 is 0 Å². The first-order valence-electron chi connectivity index (χ1n) is 6.52. The number of hydrogen-bond donors (Lipinski definition) is 0. The van der Waals surface area contributed by atoms with Gasteiger partial charge in [0, 0.05) is 32.8 Å². The van der Waals surface area contributed by atoms with Crippen LogP contribution in [0.25, 0.3) is 0 Å². The smallest absolute Gasteiger partial charge is 0.170 e. The fourth-order valence-corrected chi connectivity index (χ4v) is 2.42. The molecule has 0 radical (unpaired) electrons. The molecule has 2 rings (SSSR count). The van der Waals surface area contributed by atoms with Gasteiger partial charge in [-0.05, 0) is 13.8 Å². The summed E-state index contributed by atoms with van der Waals surface area (Å²) in [4.78, 5) is 2.30. The molecule has 2 aliphatic rings. The van der Waals surface area contributed by atoms with Crippen LogP contribution in [0, 0.1) is 0 Å². The van der Waals surface area contributed by atoms with Gasteiger partial charge < -0.3 is 18.9 Å². The Balaban J connectivity index is 1.78. The van der Waals surface area contributed by atoms with Crippen LogP contribution in [0.2, 0.25) is 0 Å². The molecule has 2 heterocycles. The lowest BCUT2D eigenvalue weighted by Gasteiger charge is -2.24. The summed E-state index contributed by atoms with van der Waals surface area (Å²) < 4.78 is 22.5. The molecule has 0 aromatic heterocycles. The summed E-state index contributed by atoms with van der Waals surface area (Å²) in [7, 11) is 0. The Bertz CT molecular complexity index is 207. The predicted molar refractivity (Wildman–Crippen MR) is 63.0 cm³/mol. The van der Waals surface area contributed by atoms with Crippen LogP contribution in [0.1, 0.15) is 13.8 Å². The first kappa shape index (κ1) is 13.2. The van der Waals surface area contributed by atoms with Crippen LogP contribution in [0.5, 0.6) is 0 Å². The lowest BCUT2D eigenvalue weighted by molar-refractivity contribution is -0.146. The van der Waals surface area contributed by atoms with Crippen molar-refractivity contribution in [1.29, 1.82) is 0 Å². The molecule has 5 nitrogen and oxygen atoms in total. The fourth-order valence-electron chi connectivity index (χ4n) is 2.42. The SMILES string of the molecule is CCOC(CN1C[C@@H]2OCCO[C@@H]2C1)OCC. The van der Waals surface area contributed by atoms with Gasteiger partial charge in [0.25, 0.3) is 0 Å². The Kier molecular flexibility index (Phi) is 5.18. The summed E-state index contributed by atoms with van der Waals surface area (Å²) >= 11 is 0. The minimum absolute atomic E-state index is 0.134. The minimum Gasteiger partial charge on any atom is -0.372 e. The zero-order valence-electron chi connectivity index (χ0n) is 10.8. The minimum atomic E-state index is -0.134. The van der Waals surface area contributed by atoms with Crippen molar-refractivity contribution in [3.05, 3.63) is 0 Å². The normalized spacial score (nSPS) is 29.8. The van der Waals surface area contributed by atoms with E-state index in [-0.39, 0.29) is 18.5 Å². The number of likely N-dealkylation sites (tertiary alicyclic amines) is 1. The molecule has 0 N–H and O–H groups in total. The quantitative estimate of drug-likeness (QED) is 0.637. The second-order valence-corrected chi connectivity index (χ2v) is 4.38. The Morgan fingerprint density at radius 3 is 2.06 bits per heavy atom. The molecule has 0 aromatic carbocycles. The lowest BCUT2D eigenvalue weighted by atomic mass is 10.2. The van der Waals surface area contributed by atoms with Gasteiger partial charge in [-0.25, -0.2) is 0 Å². The second-order valence-electron chi connectivity index (χ2n) is 4.38. The van der Waals surface area contributed by atoms with Gasteiger partial charge in [-0.3, -0.25) is 4.90 Å². The molecule has 5 heteroatoms. The van der Waals surface area contributed by atoms with Crippen LogP contribution in [-0.4, -0.2) is 69.5 Å². The van der Waals surface area contributed by atoms with E-state index in [9.17, 15) is 0 Å². The van der Waals surface area contributed by atoms with Crippen LogP contribution in [0.3, 0.4) is 0 Å². The van der Waals surface area contributed by atoms with Gasteiger partial charge in [-0.15, -0.1) is 0 Å². The van der Waals surface area contributed by atoms with E-state index >= 15 is 0 Å². The van der Waals surface area contributed by atoms with Gasteiger partial charge >= 0.3 is 0 Å². The van der Waals surface area contributed by atoms with E-state index in [1.165, 1.54) is 0 Å². The van der Waals surface area contributed by atoms with Crippen molar-refractivity contribution in [3.63, 3.8) is 0 Å². The number of nitrogens with zero attached hydrogens (tertiary/aromatic N) is 1. The number of ether oxygens (including phenoxy) is 4. The lowest BCUT2D eigenvalue weighted by Crippen LogP contribution is -2.36. The highest BCUT2D eigenvalue weighted by atomic mass is 16.7. The van der Waals surface area contributed by atoms with E-state index in [0.717, 1.165) is 32.8 Å². The molecule has 17 heavy (non-hydrogen) atoms. The van der Waals surface area contributed by atoms with Gasteiger partial charge in [0.2, 0.25) is 0 Å². The molecular formula is C12H23NO4. The Morgan fingerprint density at radius 2 is 1.59 bits per heavy atom. The van der Waals surface area contributed by atoms with E-state index in [4.69, 9.17) is 18.9 Å².